The number of ether oxygens (including phenoxy) is 1. The lowest BCUT2D eigenvalue weighted by Gasteiger charge is -2.12. The molecule has 21 heavy (non-hydrogen) atoms. The third-order valence-corrected chi connectivity index (χ3v) is 3.60. The number of aromatic nitrogens is 1. The fraction of sp³-hybridized carbons (Fsp3) is 0.118. The van der Waals surface area contributed by atoms with Crippen molar-refractivity contribution in [2.45, 2.75) is 13.3 Å². The van der Waals surface area contributed by atoms with Crippen LogP contribution in [0.3, 0.4) is 0 Å². The molecule has 0 unspecified atom stereocenters. The van der Waals surface area contributed by atoms with E-state index in [-0.39, 0.29) is 0 Å². The number of anilines is 1. The second-order valence-corrected chi connectivity index (χ2v) is 5.15. The average Bonchev–Trinajstić information content (AvgIpc) is 2.50. The molecule has 1 aromatic heterocycles. The van der Waals surface area contributed by atoms with Gasteiger partial charge in [-0.15, -0.1) is 0 Å². The molecule has 1 heterocycles. The van der Waals surface area contributed by atoms with Gasteiger partial charge in [-0.2, -0.15) is 0 Å². The summed E-state index contributed by atoms with van der Waals surface area (Å²) in [5, 5.41) is 1.32. The summed E-state index contributed by atoms with van der Waals surface area (Å²) in [6.45, 7) is 2.04. The van der Waals surface area contributed by atoms with Gasteiger partial charge in [0.15, 0.2) is 5.75 Å². The molecule has 0 atom stereocenters. The number of nitrogen functional groups attached to an aromatic ring is 1. The Labute approximate surface area is 128 Å². The van der Waals surface area contributed by atoms with Gasteiger partial charge in [0.05, 0.1) is 5.02 Å². The van der Waals surface area contributed by atoms with Crippen molar-refractivity contribution in [1.82, 2.24) is 4.98 Å². The molecule has 0 aliphatic rings. The topological polar surface area (TPSA) is 48.1 Å². The average molecular weight is 299 g/mol. The van der Waals surface area contributed by atoms with Crippen LogP contribution in [-0.4, -0.2) is 4.98 Å². The number of rotatable bonds is 3. The lowest BCUT2D eigenvalue weighted by Crippen LogP contribution is -1.97. The molecule has 0 aliphatic carbocycles. The summed E-state index contributed by atoms with van der Waals surface area (Å²) in [7, 11) is 0. The van der Waals surface area contributed by atoms with Gasteiger partial charge in [0.2, 0.25) is 0 Å². The highest BCUT2D eigenvalue weighted by Crippen LogP contribution is 2.36. The van der Waals surface area contributed by atoms with Crippen molar-refractivity contribution in [3.05, 3.63) is 59.2 Å². The van der Waals surface area contributed by atoms with Gasteiger partial charge in [0.25, 0.3) is 0 Å². The van der Waals surface area contributed by atoms with Crippen molar-refractivity contribution < 1.29 is 4.74 Å². The molecule has 4 heteroatoms. The third-order valence-electron chi connectivity index (χ3n) is 3.29. The lowest BCUT2D eigenvalue weighted by molar-refractivity contribution is 0.487. The first-order valence-electron chi connectivity index (χ1n) is 6.79. The summed E-state index contributed by atoms with van der Waals surface area (Å²) in [6.07, 6.45) is 0.803. The fourth-order valence-corrected chi connectivity index (χ4v) is 2.50. The first-order chi connectivity index (χ1) is 10.2. The lowest BCUT2D eigenvalue weighted by atomic mass is 10.1. The van der Waals surface area contributed by atoms with Gasteiger partial charge in [-0.05, 0) is 36.8 Å². The molecule has 0 bridgehead atoms. The van der Waals surface area contributed by atoms with Crippen LogP contribution in [0.5, 0.6) is 11.5 Å². The van der Waals surface area contributed by atoms with E-state index in [4.69, 9.17) is 22.1 Å². The van der Waals surface area contributed by atoms with Crippen LogP contribution in [0.4, 0.5) is 5.69 Å². The third kappa shape index (κ3) is 2.65. The molecule has 0 amide bonds. The summed E-state index contributed by atoms with van der Waals surface area (Å²) in [4.78, 5) is 4.62. The zero-order valence-electron chi connectivity index (χ0n) is 11.6. The predicted molar refractivity (Wildman–Crippen MR) is 87.1 cm³/mol. The molecule has 2 N–H and O–H groups in total. The maximum absolute atomic E-state index is 6.26. The highest BCUT2D eigenvalue weighted by atomic mass is 35.5. The molecule has 0 fully saturated rings. The zero-order valence-corrected chi connectivity index (χ0v) is 12.4. The number of para-hydroxylation sites is 1. The molecule has 0 spiro atoms. The summed E-state index contributed by atoms with van der Waals surface area (Å²) >= 11 is 6.26. The maximum atomic E-state index is 6.26. The summed E-state index contributed by atoms with van der Waals surface area (Å²) in [5.41, 5.74) is 8.36. The zero-order chi connectivity index (χ0) is 14.8. The summed E-state index contributed by atoms with van der Waals surface area (Å²) < 4.78 is 5.92. The number of pyridine rings is 1. The number of nitrogens with zero attached hydrogens (tertiary/aromatic N) is 1. The molecule has 0 saturated heterocycles. The minimum Gasteiger partial charge on any atom is -0.455 e. The second-order valence-electron chi connectivity index (χ2n) is 4.74. The van der Waals surface area contributed by atoms with E-state index in [1.807, 2.05) is 49.4 Å². The first kappa shape index (κ1) is 13.7. The van der Waals surface area contributed by atoms with Gasteiger partial charge in [-0.25, -0.2) is 4.98 Å². The van der Waals surface area contributed by atoms with E-state index in [2.05, 4.69) is 4.98 Å². The van der Waals surface area contributed by atoms with Gasteiger partial charge >= 0.3 is 0 Å². The molecule has 3 aromatic rings. The van der Waals surface area contributed by atoms with Crippen LogP contribution in [0.1, 0.15) is 12.6 Å². The minimum absolute atomic E-state index is 0.582. The van der Waals surface area contributed by atoms with Gasteiger partial charge in [0, 0.05) is 16.8 Å². The molecule has 3 rings (SSSR count). The van der Waals surface area contributed by atoms with Gasteiger partial charge in [-0.3, -0.25) is 0 Å². The van der Waals surface area contributed by atoms with Crippen molar-refractivity contribution in [3.63, 3.8) is 0 Å². The molecule has 2 aromatic carbocycles. The first-order valence-corrected chi connectivity index (χ1v) is 7.17. The van der Waals surface area contributed by atoms with E-state index < -0.39 is 0 Å². The minimum atomic E-state index is 0.582. The summed E-state index contributed by atoms with van der Waals surface area (Å²) in [6, 6.07) is 15.1. The second kappa shape index (κ2) is 5.62. The van der Waals surface area contributed by atoms with E-state index in [0.29, 0.717) is 22.0 Å². The number of nitrogens with two attached hydrogens (primary N) is 1. The number of hydrogen-bond acceptors (Lipinski definition) is 3. The van der Waals surface area contributed by atoms with E-state index in [9.17, 15) is 0 Å². The molecule has 0 radical (unpaired) electrons. The normalized spacial score (nSPS) is 10.8. The van der Waals surface area contributed by atoms with Crippen molar-refractivity contribution in [1.29, 1.82) is 0 Å². The van der Waals surface area contributed by atoms with Crippen LogP contribution in [0.15, 0.2) is 48.5 Å². The van der Waals surface area contributed by atoms with Crippen LogP contribution >= 0.6 is 11.6 Å². The largest absolute Gasteiger partial charge is 0.455 e. The Bertz CT molecular complexity index is 788. The van der Waals surface area contributed by atoms with Crippen molar-refractivity contribution >= 4 is 28.2 Å². The molecular weight excluding hydrogens is 284 g/mol. The molecular formula is C17H15ClN2O. The quantitative estimate of drug-likeness (QED) is 0.753. The van der Waals surface area contributed by atoms with Crippen molar-refractivity contribution in [3.8, 4) is 11.5 Å². The molecule has 3 nitrogen and oxygen atoms in total. The van der Waals surface area contributed by atoms with E-state index >= 15 is 0 Å². The van der Waals surface area contributed by atoms with Crippen molar-refractivity contribution in [2.75, 3.05) is 5.73 Å². The van der Waals surface area contributed by atoms with E-state index in [0.717, 1.165) is 23.3 Å². The SMILES string of the molecule is CCc1cc(N)c2c(Cl)ccc(Oc3ccccc3)c2n1. The highest BCUT2D eigenvalue weighted by molar-refractivity contribution is 6.36. The Balaban J connectivity index is 2.19. The van der Waals surface area contributed by atoms with Gasteiger partial charge in [-0.1, -0.05) is 36.7 Å². The number of aryl methyl sites for hydroxylation is 1. The standard InChI is InChI=1S/C17H15ClN2O/c1-2-11-10-14(19)16-13(18)8-9-15(17(16)20-11)21-12-6-4-3-5-7-12/h3-10H,2H2,1H3,(H2,19,20). The van der Waals surface area contributed by atoms with Crippen LogP contribution in [0, 0.1) is 0 Å². The Morgan fingerprint density at radius 3 is 2.62 bits per heavy atom. The monoisotopic (exact) mass is 298 g/mol. The number of hydrogen-bond donors (Lipinski definition) is 1. The smallest absolute Gasteiger partial charge is 0.153 e. The van der Waals surface area contributed by atoms with Gasteiger partial charge in [0.1, 0.15) is 11.3 Å². The van der Waals surface area contributed by atoms with Crippen LogP contribution in [0.25, 0.3) is 10.9 Å². The number of benzene rings is 2. The molecule has 0 aliphatic heterocycles. The van der Waals surface area contributed by atoms with Crippen LogP contribution < -0.4 is 10.5 Å². The highest BCUT2D eigenvalue weighted by Gasteiger charge is 2.12. The molecule has 106 valence electrons. The maximum Gasteiger partial charge on any atom is 0.153 e. The van der Waals surface area contributed by atoms with E-state index in [1.54, 1.807) is 6.07 Å². The molecule has 0 saturated carbocycles. The van der Waals surface area contributed by atoms with Crippen LogP contribution in [0.2, 0.25) is 5.02 Å². The number of fused-ring (bicyclic) bond motifs is 1. The Hall–Kier alpha value is -2.26. The predicted octanol–water partition coefficient (Wildman–Crippen LogP) is 4.83. The van der Waals surface area contributed by atoms with Crippen molar-refractivity contribution in [2.24, 2.45) is 0 Å². The Morgan fingerprint density at radius 1 is 1.14 bits per heavy atom. The van der Waals surface area contributed by atoms with Crippen LogP contribution in [-0.2, 0) is 6.42 Å². The van der Waals surface area contributed by atoms with Gasteiger partial charge < -0.3 is 10.5 Å². The summed E-state index contributed by atoms with van der Waals surface area (Å²) in [5.74, 6) is 1.41. The number of halogens is 1. The fourth-order valence-electron chi connectivity index (χ4n) is 2.24. The Morgan fingerprint density at radius 2 is 1.90 bits per heavy atom. The van der Waals surface area contributed by atoms with E-state index in [1.165, 1.54) is 0 Å². The Kier molecular flexibility index (Phi) is 3.67.